The van der Waals surface area contributed by atoms with Crippen molar-refractivity contribution in [3.05, 3.63) is 51.5 Å². The maximum absolute atomic E-state index is 12.3. The topological polar surface area (TPSA) is 58.6 Å². The highest BCUT2D eigenvalue weighted by Crippen LogP contribution is 2.29. The molecule has 0 bridgehead atoms. The summed E-state index contributed by atoms with van der Waals surface area (Å²) in [5.41, 5.74) is 2.52. The Morgan fingerprint density at radius 3 is 2.57 bits per heavy atom. The van der Waals surface area contributed by atoms with E-state index in [-0.39, 0.29) is 11.7 Å². The van der Waals surface area contributed by atoms with Crippen LogP contribution in [0, 0.1) is 13.8 Å². The third-order valence-electron chi connectivity index (χ3n) is 3.29. The van der Waals surface area contributed by atoms with E-state index in [9.17, 15) is 9.90 Å². The second-order valence-electron chi connectivity index (χ2n) is 4.71. The van der Waals surface area contributed by atoms with Gasteiger partial charge in [0.15, 0.2) is 0 Å². The molecule has 0 spiro atoms. The van der Waals surface area contributed by atoms with Gasteiger partial charge in [0.2, 0.25) is 0 Å². The number of phenolic OH excluding ortho intramolecular Hbond substituents is 1. The Kier molecular flexibility index (Phi) is 4.53. The smallest absolute Gasteiger partial charge is 0.255 e. The number of amides is 1. The highest BCUT2D eigenvalue weighted by Gasteiger charge is 2.12. The summed E-state index contributed by atoms with van der Waals surface area (Å²) in [5.74, 6) is 0.615. The zero-order valence-electron chi connectivity index (χ0n) is 12.0. The number of aryl methyl sites for hydroxylation is 1. The molecule has 2 aromatic carbocycles. The van der Waals surface area contributed by atoms with Gasteiger partial charge in [-0.05, 0) is 59.6 Å². The Balaban J connectivity index is 2.26. The van der Waals surface area contributed by atoms with Crippen LogP contribution in [-0.4, -0.2) is 18.1 Å². The van der Waals surface area contributed by atoms with E-state index in [0.29, 0.717) is 27.0 Å². The van der Waals surface area contributed by atoms with E-state index in [1.54, 1.807) is 44.4 Å². The molecule has 21 heavy (non-hydrogen) atoms. The first-order chi connectivity index (χ1) is 9.93. The quantitative estimate of drug-likeness (QED) is 0.879. The van der Waals surface area contributed by atoms with Crippen molar-refractivity contribution in [1.29, 1.82) is 0 Å². The van der Waals surface area contributed by atoms with Gasteiger partial charge in [-0.1, -0.05) is 6.07 Å². The Hall–Kier alpha value is -2.01. The van der Waals surface area contributed by atoms with Gasteiger partial charge in [-0.2, -0.15) is 0 Å². The predicted molar refractivity (Wildman–Crippen MR) is 86.2 cm³/mol. The minimum atomic E-state index is -0.246. The monoisotopic (exact) mass is 349 g/mol. The fourth-order valence-electron chi connectivity index (χ4n) is 1.97. The number of aromatic hydroxyl groups is 1. The normalized spacial score (nSPS) is 10.3. The van der Waals surface area contributed by atoms with Gasteiger partial charge in [0.1, 0.15) is 11.5 Å². The van der Waals surface area contributed by atoms with E-state index in [1.165, 1.54) is 0 Å². The maximum Gasteiger partial charge on any atom is 0.255 e. The standard InChI is InChI=1S/C16H16BrNO3/c1-9-4-6-13(10(2)15(9)19)18-16(20)11-5-7-14(21-3)12(17)8-11/h4-8,19H,1-3H3,(H,18,20). The van der Waals surface area contributed by atoms with Gasteiger partial charge in [0.25, 0.3) is 5.91 Å². The van der Waals surface area contributed by atoms with E-state index in [1.807, 2.05) is 6.92 Å². The number of phenols is 1. The lowest BCUT2D eigenvalue weighted by Crippen LogP contribution is -2.13. The molecule has 0 aliphatic rings. The number of ether oxygens (including phenoxy) is 1. The van der Waals surface area contributed by atoms with Gasteiger partial charge in [0, 0.05) is 16.8 Å². The summed E-state index contributed by atoms with van der Waals surface area (Å²) in [4.78, 5) is 12.3. The van der Waals surface area contributed by atoms with Gasteiger partial charge < -0.3 is 15.2 Å². The molecule has 0 unspecified atom stereocenters. The molecular formula is C16H16BrNO3. The van der Waals surface area contributed by atoms with Crippen molar-refractivity contribution in [3.63, 3.8) is 0 Å². The summed E-state index contributed by atoms with van der Waals surface area (Å²) in [5, 5.41) is 12.7. The van der Waals surface area contributed by atoms with Crippen LogP contribution in [0.5, 0.6) is 11.5 Å². The molecule has 110 valence electrons. The van der Waals surface area contributed by atoms with E-state index in [2.05, 4.69) is 21.2 Å². The molecule has 0 aliphatic carbocycles. The zero-order chi connectivity index (χ0) is 15.6. The van der Waals surface area contributed by atoms with Crippen LogP contribution < -0.4 is 10.1 Å². The maximum atomic E-state index is 12.3. The fraction of sp³-hybridized carbons (Fsp3) is 0.188. The minimum absolute atomic E-state index is 0.198. The zero-order valence-corrected chi connectivity index (χ0v) is 13.6. The number of methoxy groups -OCH3 is 1. The SMILES string of the molecule is COc1ccc(C(=O)Nc2ccc(C)c(O)c2C)cc1Br. The third kappa shape index (κ3) is 3.19. The number of hydrogen-bond acceptors (Lipinski definition) is 3. The van der Waals surface area contributed by atoms with Crippen LogP contribution >= 0.6 is 15.9 Å². The third-order valence-corrected chi connectivity index (χ3v) is 3.91. The number of carbonyl (C=O) groups is 1. The van der Waals surface area contributed by atoms with Crippen molar-refractivity contribution in [2.24, 2.45) is 0 Å². The highest BCUT2D eigenvalue weighted by atomic mass is 79.9. The van der Waals surface area contributed by atoms with E-state index >= 15 is 0 Å². The molecule has 5 heteroatoms. The first-order valence-electron chi connectivity index (χ1n) is 6.38. The molecule has 2 aromatic rings. The van der Waals surface area contributed by atoms with E-state index in [0.717, 1.165) is 5.56 Å². The van der Waals surface area contributed by atoms with Crippen molar-refractivity contribution in [3.8, 4) is 11.5 Å². The van der Waals surface area contributed by atoms with Gasteiger partial charge in [-0.25, -0.2) is 0 Å². The summed E-state index contributed by atoms with van der Waals surface area (Å²) >= 11 is 3.35. The van der Waals surface area contributed by atoms with Crippen LogP contribution in [0.25, 0.3) is 0 Å². The van der Waals surface area contributed by atoms with Crippen LogP contribution in [0.2, 0.25) is 0 Å². The number of carbonyl (C=O) groups excluding carboxylic acids is 1. The predicted octanol–water partition coefficient (Wildman–Crippen LogP) is 4.03. The van der Waals surface area contributed by atoms with Crippen molar-refractivity contribution in [1.82, 2.24) is 0 Å². The van der Waals surface area contributed by atoms with Gasteiger partial charge in [0.05, 0.1) is 11.6 Å². The molecule has 0 saturated carbocycles. The molecule has 0 saturated heterocycles. The van der Waals surface area contributed by atoms with E-state index < -0.39 is 0 Å². The number of nitrogens with one attached hydrogen (secondary N) is 1. The van der Waals surface area contributed by atoms with Crippen LogP contribution in [0.15, 0.2) is 34.8 Å². The fourth-order valence-corrected chi connectivity index (χ4v) is 2.51. The van der Waals surface area contributed by atoms with Crippen LogP contribution in [0.1, 0.15) is 21.5 Å². The Morgan fingerprint density at radius 1 is 1.24 bits per heavy atom. The lowest BCUT2D eigenvalue weighted by Gasteiger charge is -2.12. The van der Waals surface area contributed by atoms with Crippen LogP contribution in [0.3, 0.4) is 0 Å². The lowest BCUT2D eigenvalue weighted by molar-refractivity contribution is 0.102. The Labute approximate surface area is 131 Å². The van der Waals surface area contributed by atoms with Crippen molar-refractivity contribution in [2.45, 2.75) is 13.8 Å². The average Bonchev–Trinajstić information content (AvgIpc) is 2.47. The van der Waals surface area contributed by atoms with E-state index in [4.69, 9.17) is 4.74 Å². The second-order valence-corrected chi connectivity index (χ2v) is 5.56. The van der Waals surface area contributed by atoms with Crippen molar-refractivity contribution < 1.29 is 14.6 Å². The lowest BCUT2D eigenvalue weighted by atomic mass is 10.1. The summed E-state index contributed by atoms with van der Waals surface area (Å²) < 4.78 is 5.84. The van der Waals surface area contributed by atoms with Gasteiger partial charge >= 0.3 is 0 Å². The molecular weight excluding hydrogens is 334 g/mol. The Morgan fingerprint density at radius 2 is 1.95 bits per heavy atom. The summed E-state index contributed by atoms with van der Waals surface area (Å²) in [6, 6.07) is 8.64. The number of anilines is 1. The van der Waals surface area contributed by atoms with Crippen LogP contribution in [-0.2, 0) is 0 Å². The van der Waals surface area contributed by atoms with Gasteiger partial charge in [-0.3, -0.25) is 4.79 Å². The average molecular weight is 350 g/mol. The molecule has 0 radical (unpaired) electrons. The molecule has 1 amide bonds. The number of rotatable bonds is 3. The highest BCUT2D eigenvalue weighted by molar-refractivity contribution is 9.10. The number of halogens is 1. The molecule has 0 fully saturated rings. The largest absolute Gasteiger partial charge is 0.507 e. The molecule has 4 nitrogen and oxygen atoms in total. The van der Waals surface area contributed by atoms with Gasteiger partial charge in [-0.15, -0.1) is 0 Å². The molecule has 2 N–H and O–H groups in total. The number of benzene rings is 2. The molecule has 2 rings (SSSR count). The minimum Gasteiger partial charge on any atom is -0.507 e. The summed E-state index contributed by atoms with van der Waals surface area (Å²) in [7, 11) is 1.57. The molecule has 0 atom stereocenters. The van der Waals surface area contributed by atoms with Crippen LogP contribution in [0.4, 0.5) is 5.69 Å². The summed E-state index contributed by atoms with van der Waals surface area (Å²) in [6.45, 7) is 3.58. The molecule has 0 aromatic heterocycles. The molecule has 0 heterocycles. The van der Waals surface area contributed by atoms with Crippen molar-refractivity contribution >= 4 is 27.5 Å². The summed E-state index contributed by atoms with van der Waals surface area (Å²) in [6.07, 6.45) is 0. The van der Waals surface area contributed by atoms with Crippen molar-refractivity contribution in [2.75, 3.05) is 12.4 Å². The first kappa shape index (κ1) is 15.4. The first-order valence-corrected chi connectivity index (χ1v) is 7.17. The number of hydrogen-bond donors (Lipinski definition) is 2. The second kappa shape index (κ2) is 6.18. The molecule has 0 aliphatic heterocycles. The Bertz CT molecular complexity index is 698.